The molecule has 0 aromatic heterocycles. The van der Waals surface area contributed by atoms with E-state index in [9.17, 15) is 4.79 Å². The Morgan fingerprint density at radius 2 is 2.08 bits per heavy atom. The van der Waals surface area contributed by atoms with Gasteiger partial charge in [-0.15, -0.1) is 0 Å². The lowest BCUT2D eigenvalue weighted by atomic mass is 10.1. The largest absolute Gasteiger partial charge is 0.372 e. The van der Waals surface area contributed by atoms with Crippen LogP contribution in [-0.2, 0) is 4.79 Å². The molecule has 1 unspecified atom stereocenters. The van der Waals surface area contributed by atoms with Gasteiger partial charge >= 0.3 is 0 Å². The van der Waals surface area contributed by atoms with Gasteiger partial charge in [0, 0.05) is 0 Å². The highest BCUT2D eigenvalue weighted by Gasteiger charge is 2.20. The van der Waals surface area contributed by atoms with E-state index >= 15 is 0 Å². The number of hydrogen-bond acceptors (Lipinski definition) is 2. The van der Waals surface area contributed by atoms with E-state index in [4.69, 9.17) is 0 Å². The topological polar surface area (TPSA) is 41.1 Å². The van der Waals surface area contributed by atoms with E-state index in [2.05, 4.69) is 10.6 Å². The number of amides is 1. The Morgan fingerprint density at radius 1 is 1.31 bits per heavy atom. The van der Waals surface area contributed by atoms with Gasteiger partial charge in [-0.1, -0.05) is 6.07 Å². The summed E-state index contributed by atoms with van der Waals surface area (Å²) in [5.74, 6) is 0.0244. The molecule has 1 amide bonds. The minimum absolute atomic E-state index is 0.0244. The number of benzene rings is 1. The van der Waals surface area contributed by atoms with Gasteiger partial charge in [0.2, 0.25) is 5.91 Å². The van der Waals surface area contributed by atoms with Gasteiger partial charge in [-0.3, -0.25) is 4.79 Å². The molecule has 1 aliphatic rings. The first kappa shape index (κ1) is 8.10. The van der Waals surface area contributed by atoms with E-state index in [-0.39, 0.29) is 11.9 Å². The maximum absolute atomic E-state index is 11.3. The summed E-state index contributed by atoms with van der Waals surface area (Å²) in [7, 11) is 0. The van der Waals surface area contributed by atoms with Crippen LogP contribution in [-0.4, -0.2) is 11.9 Å². The predicted molar refractivity (Wildman–Crippen MR) is 52.9 cm³/mol. The monoisotopic (exact) mass is 176 g/mol. The number of carbonyl (C=O) groups is 1. The summed E-state index contributed by atoms with van der Waals surface area (Å²) in [6, 6.07) is 5.79. The van der Waals surface area contributed by atoms with Crippen LogP contribution in [0.15, 0.2) is 18.2 Å². The number of anilines is 2. The zero-order valence-corrected chi connectivity index (χ0v) is 7.72. The smallest absolute Gasteiger partial charge is 0.246 e. The van der Waals surface area contributed by atoms with Crippen LogP contribution in [0.5, 0.6) is 0 Å². The molecule has 0 saturated carbocycles. The maximum Gasteiger partial charge on any atom is 0.246 e. The van der Waals surface area contributed by atoms with Crippen molar-refractivity contribution in [3.63, 3.8) is 0 Å². The molecular formula is C10H12N2O. The van der Waals surface area contributed by atoms with E-state index in [1.807, 2.05) is 32.0 Å². The highest BCUT2D eigenvalue weighted by Crippen LogP contribution is 2.27. The second kappa shape index (κ2) is 2.76. The van der Waals surface area contributed by atoms with Gasteiger partial charge in [0.1, 0.15) is 6.04 Å². The molecule has 3 heteroatoms. The van der Waals surface area contributed by atoms with Crippen molar-refractivity contribution >= 4 is 17.3 Å². The van der Waals surface area contributed by atoms with Crippen LogP contribution in [0.4, 0.5) is 11.4 Å². The van der Waals surface area contributed by atoms with Crippen LogP contribution in [0.25, 0.3) is 0 Å². The molecule has 1 aliphatic heterocycles. The first-order chi connectivity index (χ1) is 6.16. The normalized spacial score (nSPS) is 20.2. The van der Waals surface area contributed by atoms with Crippen molar-refractivity contribution in [2.45, 2.75) is 19.9 Å². The highest BCUT2D eigenvalue weighted by molar-refractivity contribution is 6.02. The van der Waals surface area contributed by atoms with Gasteiger partial charge in [0.25, 0.3) is 0 Å². The average Bonchev–Trinajstić information content (AvgIpc) is 2.08. The summed E-state index contributed by atoms with van der Waals surface area (Å²) < 4.78 is 0. The number of fused-ring (bicyclic) bond motifs is 1. The zero-order valence-electron chi connectivity index (χ0n) is 7.72. The zero-order chi connectivity index (χ0) is 9.42. The second-order valence-electron chi connectivity index (χ2n) is 3.40. The van der Waals surface area contributed by atoms with Gasteiger partial charge in [-0.05, 0) is 31.5 Å². The van der Waals surface area contributed by atoms with Crippen molar-refractivity contribution < 1.29 is 4.79 Å². The van der Waals surface area contributed by atoms with Gasteiger partial charge < -0.3 is 10.6 Å². The van der Waals surface area contributed by atoms with E-state index in [0.29, 0.717) is 0 Å². The summed E-state index contributed by atoms with van der Waals surface area (Å²) in [5, 5.41) is 5.97. The van der Waals surface area contributed by atoms with E-state index in [1.165, 1.54) is 5.56 Å². The van der Waals surface area contributed by atoms with Gasteiger partial charge in [0.15, 0.2) is 0 Å². The Bertz CT molecular complexity index is 360. The third-order valence-corrected chi connectivity index (χ3v) is 2.20. The Morgan fingerprint density at radius 3 is 2.85 bits per heavy atom. The molecular weight excluding hydrogens is 164 g/mol. The van der Waals surface area contributed by atoms with Gasteiger partial charge in [0.05, 0.1) is 11.4 Å². The Kier molecular flexibility index (Phi) is 1.72. The van der Waals surface area contributed by atoms with Crippen molar-refractivity contribution in [3.05, 3.63) is 23.8 Å². The van der Waals surface area contributed by atoms with Crippen LogP contribution < -0.4 is 10.6 Å². The molecule has 0 aliphatic carbocycles. The Balaban J connectivity index is 2.42. The fraction of sp³-hybridized carbons (Fsp3) is 0.300. The number of aryl methyl sites for hydroxylation is 1. The van der Waals surface area contributed by atoms with Crippen LogP contribution in [0.1, 0.15) is 12.5 Å². The number of carbonyl (C=O) groups excluding carboxylic acids is 1. The molecule has 2 N–H and O–H groups in total. The minimum atomic E-state index is -0.144. The highest BCUT2D eigenvalue weighted by atomic mass is 16.2. The van der Waals surface area contributed by atoms with E-state index in [0.717, 1.165) is 11.4 Å². The molecule has 0 fully saturated rings. The predicted octanol–water partition coefficient (Wildman–Crippen LogP) is 1.75. The van der Waals surface area contributed by atoms with E-state index < -0.39 is 0 Å². The lowest BCUT2D eigenvalue weighted by Crippen LogP contribution is -2.36. The molecule has 2 rings (SSSR count). The SMILES string of the molecule is Cc1ccc2c(c1)NC(C)C(=O)N2. The van der Waals surface area contributed by atoms with Gasteiger partial charge in [-0.2, -0.15) is 0 Å². The van der Waals surface area contributed by atoms with Crippen LogP contribution in [0.2, 0.25) is 0 Å². The second-order valence-corrected chi connectivity index (χ2v) is 3.40. The van der Waals surface area contributed by atoms with Crippen molar-refractivity contribution in [1.82, 2.24) is 0 Å². The minimum Gasteiger partial charge on any atom is -0.372 e. The molecule has 3 nitrogen and oxygen atoms in total. The molecule has 0 radical (unpaired) electrons. The summed E-state index contributed by atoms with van der Waals surface area (Å²) in [6.45, 7) is 3.88. The summed E-state index contributed by atoms with van der Waals surface area (Å²) in [4.78, 5) is 11.3. The number of rotatable bonds is 0. The van der Waals surface area contributed by atoms with Crippen molar-refractivity contribution in [3.8, 4) is 0 Å². The standard InChI is InChI=1S/C10H12N2O/c1-6-3-4-8-9(5-6)11-7(2)10(13)12-8/h3-5,7,11H,1-2H3,(H,12,13). The number of nitrogens with one attached hydrogen (secondary N) is 2. The molecule has 0 spiro atoms. The molecule has 68 valence electrons. The third-order valence-electron chi connectivity index (χ3n) is 2.20. The number of hydrogen-bond donors (Lipinski definition) is 2. The maximum atomic E-state index is 11.3. The molecule has 1 aromatic rings. The summed E-state index contributed by atoms with van der Waals surface area (Å²) in [5.41, 5.74) is 3.07. The Hall–Kier alpha value is -1.51. The quantitative estimate of drug-likeness (QED) is 0.632. The lowest BCUT2D eigenvalue weighted by Gasteiger charge is -2.24. The fourth-order valence-corrected chi connectivity index (χ4v) is 1.43. The third kappa shape index (κ3) is 1.37. The molecule has 13 heavy (non-hydrogen) atoms. The Labute approximate surface area is 77.1 Å². The fourth-order valence-electron chi connectivity index (χ4n) is 1.43. The lowest BCUT2D eigenvalue weighted by molar-refractivity contribution is -0.116. The first-order valence-electron chi connectivity index (χ1n) is 4.35. The summed E-state index contributed by atoms with van der Waals surface area (Å²) in [6.07, 6.45) is 0. The summed E-state index contributed by atoms with van der Waals surface area (Å²) >= 11 is 0. The molecule has 1 heterocycles. The average molecular weight is 176 g/mol. The van der Waals surface area contributed by atoms with Crippen molar-refractivity contribution in [1.29, 1.82) is 0 Å². The molecule has 0 saturated heterocycles. The van der Waals surface area contributed by atoms with Crippen LogP contribution in [0, 0.1) is 6.92 Å². The van der Waals surface area contributed by atoms with Crippen LogP contribution >= 0.6 is 0 Å². The van der Waals surface area contributed by atoms with Crippen molar-refractivity contribution in [2.24, 2.45) is 0 Å². The van der Waals surface area contributed by atoms with E-state index in [1.54, 1.807) is 0 Å². The molecule has 0 bridgehead atoms. The first-order valence-corrected chi connectivity index (χ1v) is 4.35. The molecule has 1 aromatic carbocycles. The molecule has 1 atom stereocenters. The van der Waals surface area contributed by atoms with Crippen LogP contribution in [0.3, 0.4) is 0 Å². The van der Waals surface area contributed by atoms with Crippen molar-refractivity contribution in [2.75, 3.05) is 10.6 Å². The van der Waals surface area contributed by atoms with Gasteiger partial charge in [-0.25, -0.2) is 0 Å².